The maximum atomic E-state index is 12.2. The molecule has 0 bridgehead atoms. The molecule has 1 aliphatic heterocycles. The number of amides is 2. The van der Waals surface area contributed by atoms with Crippen LogP contribution in [0.15, 0.2) is 42.6 Å². The summed E-state index contributed by atoms with van der Waals surface area (Å²) in [6.07, 6.45) is 5.81. The lowest BCUT2D eigenvalue weighted by molar-refractivity contribution is 0.251. The molecule has 0 saturated carbocycles. The van der Waals surface area contributed by atoms with E-state index in [0.29, 0.717) is 18.7 Å². The van der Waals surface area contributed by atoms with Gasteiger partial charge in [0.1, 0.15) is 5.82 Å². The van der Waals surface area contributed by atoms with Gasteiger partial charge in [0.2, 0.25) is 0 Å². The fraction of sp³-hybridized carbons (Fsp3) is 0.350. The summed E-state index contributed by atoms with van der Waals surface area (Å²) in [7, 11) is 0. The van der Waals surface area contributed by atoms with Crippen LogP contribution in [0.4, 0.5) is 16.3 Å². The van der Waals surface area contributed by atoms with E-state index < -0.39 is 0 Å². The molecule has 3 rings (SSSR count). The number of urea groups is 1. The van der Waals surface area contributed by atoms with Crippen molar-refractivity contribution in [3.63, 3.8) is 0 Å². The van der Waals surface area contributed by atoms with Gasteiger partial charge in [0.25, 0.3) is 0 Å². The number of aromatic nitrogens is 1. The van der Waals surface area contributed by atoms with Crippen LogP contribution in [0.2, 0.25) is 0 Å². The van der Waals surface area contributed by atoms with Gasteiger partial charge < -0.3 is 15.5 Å². The largest absolute Gasteiger partial charge is 0.356 e. The summed E-state index contributed by atoms with van der Waals surface area (Å²) in [6.45, 7) is 2.47. The highest BCUT2D eigenvalue weighted by Crippen LogP contribution is 2.21. The van der Waals surface area contributed by atoms with Crippen molar-refractivity contribution in [1.29, 1.82) is 5.26 Å². The number of rotatable bonds is 5. The van der Waals surface area contributed by atoms with Crippen molar-refractivity contribution in [2.75, 3.05) is 23.3 Å². The minimum absolute atomic E-state index is 0.258. The number of carbonyl (C=O) groups is 1. The number of nitrogens with zero attached hydrogens (tertiary/aromatic N) is 3. The van der Waals surface area contributed by atoms with Crippen LogP contribution < -0.4 is 15.5 Å². The third-order valence-electron chi connectivity index (χ3n) is 4.46. The Morgan fingerprint density at radius 3 is 2.65 bits per heavy atom. The lowest BCUT2D eigenvalue weighted by Gasteiger charge is -2.29. The molecular formula is C20H23N5O. The second kappa shape index (κ2) is 8.86. The highest BCUT2D eigenvalue weighted by molar-refractivity contribution is 5.89. The Kier molecular flexibility index (Phi) is 6.05. The first-order valence-corrected chi connectivity index (χ1v) is 8.96. The molecule has 134 valence electrons. The molecule has 6 heteroatoms. The maximum absolute atomic E-state index is 12.2. The number of hydrogen-bond acceptors (Lipinski definition) is 4. The highest BCUT2D eigenvalue weighted by Gasteiger charge is 2.15. The van der Waals surface area contributed by atoms with Gasteiger partial charge in [0.05, 0.1) is 12.5 Å². The first-order chi connectivity index (χ1) is 12.8. The van der Waals surface area contributed by atoms with E-state index in [0.717, 1.165) is 30.0 Å². The third-order valence-corrected chi connectivity index (χ3v) is 4.46. The van der Waals surface area contributed by atoms with E-state index >= 15 is 0 Å². The number of carbonyl (C=O) groups excluding carboxylic acids is 1. The van der Waals surface area contributed by atoms with Gasteiger partial charge in [-0.2, -0.15) is 5.26 Å². The van der Waals surface area contributed by atoms with Gasteiger partial charge in [-0.05, 0) is 43.0 Å². The molecule has 2 heterocycles. The number of piperidine rings is 1. The summed E-state index contributed by atoms with van der Waals surface area (Å²) in [5, 5.41) is 14.4. The van der Waals surface area contributed by atoms with Crippen LogP contribution in [-0.2, 0) is 13.0 Å². The standard InChI is InChI=1S/C20H23N5O/c21-11-10-16-6-8-18(9-7-16)24-20(26)23-15-17-5-4-12-22-19(17)25-13-2-1-3-14-25/h4-9,12H,1-3,10,13-15H2,(H2,23,24,26). The van der Waals surface area contributed by atoms with E-state index in [1.54, 1.807) is 18.3 Å². The molecule has 0 aliphatic carbocycles. The zero-order valence-corrected chi connectivity index (χ0v) is 14.7. The molecule has 2 N–H and O–H groups in total. The normalized spacial score (nSPS) is 13.7. The second-order valence-electron chi connectivity index (χ2n) is 6.37. The topological polar surface area (TPSA) is 81.0 Å². The minimum Gasteiger partial charge on any atom is -0.356 e. The SMILES string of the molecule is N#CCc1ccc(NC(=O)NCc2cccnc2N2CCCCC2)cc1. The predicted molar refractivity (Wildman–Crippen MR) is 102 cm³/mol. The molecule has 1 fully saturated rings. The van der Waals surface area contributed by atoms with Crippen molar-refractivity contribution >= 4 is 17.5 Å². The molecule has 1 aliphatic rings. The van der Waals surface area contributed by atoms with Crippen molar-refractivity contribution in [1.82, 2.24) is 10.3 Å². The molecule has 0 atom stereocenters. The molecule has 0 unspecified atom stereocenters. The molecule has 2 aromatic rings. The van der Waals surface area contributed by atoms with E-state index in [1.165, 1.54) is 19.3 Å². The molecule has 1 aromatic carbocycles. The Balaban J connectivity index is 1.57. The third kappa shape index (κ3) is 4.73. The summed E-state index contributed by atoms with van der Waals surface area (Å²) in [5.74, 6) is 0.966. The van der Waals surface area contributed by atoms with Crippen LogP contribution >= 0.6 is 0 Å². The van der Waals surface area contributed by atoms with Gasteiger partial charge in [-0.3, -0.25) is 0 Å². The summed E-state index contributed by atoms with van der Waals surface area (Å²) >= 11 is 0. The summed E-state index contributed by atoms with van der Waals surface area (Å²) in [4.78, 5) is 19.0. The quantitative estimate of drug-likeness (QED) is 0.866. The Morgan fingerprint density at radius 2 is 1.92 bits per heavy atom. The molecule has 26 heavy (non-hydrogen) atoms. The van der Waals surface area contributed by atoms with Crippen LogP contribution in [0.25, 0.3) is 0 Å². The van der Waals surface area contributed by atoms with Crippen molar-refractivity contribution in [3.8, 4) is 6.07 Å². The number of benzene rings is 1. The van der Waals surface area contributed by atoms with Crippen LogP contribution in [0.3, 0.4) is 0 Å². The first kappa shape index (κ1) is 17.7. The van der Waals surface area contributed by atoms with Crippen molar-refractivity contribution in [2.24, 2.45) is 0 Å². The fourth-order valence-electron chi connectivity index (χ4n) is 3.11. The fourth-order valence-corrected chi connectivity index (χ4v) is 3.11. The van der Waals surface area contributed by atoms with E-state index in [1.807, 2.05) is 24.3 Å². The van der Waals surface area contributed by atoms with Crippen LogP contribution in [0, 0.1) is 11.3 Å². The zero-order chi connectivity index (χ0) is 18.2. The average Bonchev–Trinajstić information content (AvgIpc) is 2.69. The molecular weight excluding hydrogens is 326 g/mol. The van der Waals surface area contributed by atoms with E-state index in [9.17, 15) is 4.79 Å². The Labute approximate surface area is 153 Å². The monoisotopic (exact) mass is 349 g/mol. The number of anilines is 2. The number of nitriles is 1. The Hall–Kier alpha value is -3.07. The van der Waals surface area contributed by atoms with Gasteiger partial charge >= 0.3 is 6.03 Å². The number of hydrogen-bond donors (Lipinski definition) is 2. The Morgan fingerprint density at radius 1 is 1.15 bits per heavy atom. The molecule has 6 nitrogen and oxygen atoms in total. The summed E-state index contributed by atoms with van der Waals surface area (Å²) in [6, 6.07) is 13.0. The first-order valence-electron chi connectivity index (χ1n) is 8.96. The van der Waals surface area contributed by atoms with Gasteiger partial charge in [-0.15, -0.1) is 0 Å². The van der Waals surface area contributed by atoms with E-state index in [-0.39, 0.29) is 6.03 Å². The van der Waals surface area contributed by atoms with Crippen molar-refractivity contribution in [2.45, 2.75) is 32.2 Å². The molecule has 0 radical (unpaired) electrons. The zero-order valence-electron chi connectivity index (χ0n) is 14.7. The molecule has 1 saturated heterocycles. The van der Waals surface area contributed by atoms with Crippen molar-refractivity contribution in [3.05, 3.63) is 53.7 Å². The molecule has 2 amide bonds. The second-order valence-corrected chi connectivity index (χ2v) is 6.37. The van der Waals surface area contributed by atoms with Gasteiger partial charge in [-0.1, -0.05) is 18.2 Å². The number of pyridine rings is 1. The van der Waals surface area contributed by atoms with Gasteiger partial charge in [-0.25, -0.2) is 9.78 Å². The maximum Gasteiger partial charge on any atom is 0.319 e. The van der Waals surface area contributed by atoms with Gasteiger partial charge in [0.15, 0.2) is 0 Å². The lowest BCUT2D eigenvalue weighted by Crippen LogP contribution is -2.33. The van der Waals surface area contributed by atoms with E-state index in [2.05, 4.69) is 26.6 Å². The smallest absolute Gasteiger partial charge is 0.319 e. The van der Waals surface area contributed by atoms with Gasteiger partial charge in [0, 0.05) is 37.1 Å². The van der Waals surface area contributed by atoms with Crippen LogP contribution in [0.1, 0.15) is 30.4 Å². The average molecular weight is 349 g/mol. The number of nitrogens with one attached hydrogen (secondary N) is 2. The summed E-state index contributed by atoms with van der Waals surface area (Å²) in [5.41, 5.74) is 2.65. The predicted octanol–water partition coefficient (Wildman–Crippen LogP) is 3.46. The lowest BCUT2D eigenvalue weighted by atomic mass is 10.1. The van der Waals surface area contributed by atoms with E-state index in [4.69, 9.17) is 5.26 Å². The summed E-state index contributed by atoms with van der Waals surface area (Å²) < 4.78 is 0. The highest BCUT2D eigenvalue weighted by atomic mass is 16.2. The van der Waals surface area contributed by atoms with Crippen molar-refractivity contribution < 1.29 is 4.79 Å². The molecule has 1 aromatic heterocycles. The van der Waals surface area contributed by atoms with Crippen LogP contribution in [0.5, 0.6) is 0 Å². The molecule has 0 spiro atoms. The van der Waals surface area contributed by atoms with Crippen LogP contribution in [-0.4, -0.2) is 24.1 Å². The Bertz CT molecular complexity index is 776. The minimum atomic E-state index is -0.258.